The zero-order valence-electron chi connectivity index (χ0n) is 16.0. The summed E-state index contributed by atoms with van der Waals surface area (Å²) >= 11 is 0. The lowest BCUT2D eigenvalue weighted by atomic mass is 10.1. The van der Waals surface area contributed by atoms with Crippen molar-refractivity contribution in [3.05, 3.63) is 71.4 Å². The number of amides is 1. The lowest BCUT2D eigenvalue weighted by Crippen LogP contribution is -2.31. The third-order valence-corrected chi connectivity index (χ3v) is 4.93. The van der Waals surface area contributed by atoms with Gasteiger partial charge >= 0.3 is 0 Å². The number of halogens is 1. The summed E-state index contributed by atoms with van der Waals surface area (Å²) in [5.74, 6) is 1.15. The smallest absolute Gasteiger partial charge is 0.256 e. The van der Waals surface area contributed by atoms with Gasteiger partial charge in [-0.3, -0.25) is 9.78 Å². The molecule has 0 spiro atoms. The van der Waals surface area contributed by atoms with E-state index in [4.69, 9.17) is 9.26 Å². The maximum atomic E-state index is 13.0. The monoisotopic (exact) mass is 396 g/mol. The van der Waals surface area contributed by atoms with Crippen LogP contribution in [-0.2, 0) is 6.42 Å². The van der Waals surface area contributed by atoms with E-state index in [-0.39, 0.29) is 17.8 Å². The largest absolute Gasteiger partial charge is 0.493 e. The maximum Gasteiger partial charge on any atom is 0.256 e. The molecule has 1 aromatic carbocycles. The minimum atomic E-state index is -0.308. The van der Waals surface area contributed by atoms with Crippen molar-refractivity contribution < 1.29 is 18.4 Å². The van der Waals surface area contributed by atoms with Crippen LogP contribution in [0.2, 0.25) is 0 Å². The van der Waals surface area contributed by atoms with E-state index in [1.54, 1.807) is 35.4 Å². The number of hydrogen-bond donors (Lipinski definition) is 0. The Bertz CT molecular complexity index is 990. The van der Waals surface area contributed by atoms with Crippen LogP contribution in [0.25, 0.3) is 0 Å². The fraction of sp³-hybridized carbons (Fsp3) is 0.333. The Morgan fingerprint density at radius 2 is 2.14 bits per heavy atom. The molecule has 3 heterocycles. The Balaban J connectivity index is 1.39. The molecule has 29 heavy (non-hydrogen) atoms. The van der Waals surface area contributed by atoms with Crippen molar-refractivity contribution >= 4 is 5.91 Å². The van der Waals surface area contributed by atoms with Gasteiger partial charge < -0.3 is 14.2 Å². The number of benzene rings is 1. The average Bonchev–Trinajstić information content (AvgIpc) is 3.39. The highest BCUT2D eigenvalue weighted by Gasteiger charge is 2.35. The lowest BCUT2D eigenvalue weighted by Gasteiger charge is -2.22. The first-order valence-corrected chi connectivity index (χ1v) is 9.55. The molecule has 7 nitrogen and oxygen atoms in total. The number of likely N-dealkylation sites (tertiary alicyclic amines) is 1. The first-order chi connectivity index (χ1) is 14.1. The van der Waals surface area contributed by atoms with Crippen LogP contribution < -0.4 is 4.74 Å². The van der Waals surface area contributed by atoms with Crippen molar-refractivity contribution in [3.8, 4) is 5.75 Å². The molecule has 0 bridgehead atoms. The number of ether oxygens (including phenoxy) is 1. The van der Waals surface area contributed by atoms with Crippen LogP contribution in [0.1, 0.15) is 46.7 Å². The van der Waals surface area contributed by atoms with Crippen molar-refractivity contribution in [1.29, 1.82) is 0 Å². The minimum absolute atomic E-state index is 0.0718. The van der Waals surface area contributed by atoms with Crippen LogP contribution in [0.5, 0.6) is 5.75 Å². The molecular formula is C21H21FN4O3. The molecule has 1 atom stereocenters. The summed E-state index contributed by atoms with van der Waals surface area (Å²) in [7, 11) is 0. The van der Waals surface area contributed by atoms with E-state index in [9.17, 15) is 9.18 Å². The van der Waals surface area contributed by atoms with Crippen molar-refractivity contribution in [3.63, 3.8) is 0 Å². The minimum Gasteiger partial charge on any atom is -0.493 e. The van der Waals surface area contributed by atoms with E-state index in [1.807, 2.05) is 6.92 Å². The number of pyridine rings is 1. The molecule has 1 aliphatic heterocycles. The van der Waals surface area contributed by atoms with Gasteiger partial charge in [0, 0.05) is 24.9 Å². The van der Waals surface area contributed by atoms with Gasteiger partial charge in [-0.15, -0.1) is 0 Å². The Morgan fingerprint density at radius 3 is 2.93 bits per heavy atom. The quantitative estimate of drug-likeness (QED) is 0.634. The standard InChI is InChI=1S/C21H21FN4O3/c1-14-17(4-2-11-23-14)21(27)26-12-3-5-18(26)20-24-19(25-29-20)10-13-28-16-8-6-15(22)7-9-16/h2,4,6-9,11,18H,3,5,10,12-13H2,1H3. The third kappa shape index (κ3) is 4.26. The van der Waals surface area contributed by atoms with Gasteiger partial charge in [-0.05, 0) is 56.2 Å². The van der Waals surface area contributed by atoms with Crippen molar-refractivity contribution in [2.45, 2.75) is 32.2 Å². The van der Waals surface area contributed by atoms with Crippen LogP contribution in [0, 0.1) is 12.7 Å². The average molecular weight is 396 g/mol. The molecular weight excluding hydrogens is 375 g/mol. The fourth-order valence-corrected chi connectivity index (χ4v) is 3.43. The molecule has 0 radical (unpaired) electrons. The SMILES string of the molecule is Cc1ncccc1C(=O)N1CCCC1c1nc(CCOc2ccc(F)cc2)no1. The number of nitrogens with zero attached hydrogens (tertiary/aromatic N) is 4. The summed E-state index contributed by atoms with van der Waals surface area (Å²) < 4.78 is 23.9. The first kappa shape index (κ1) is 19.0. The first-order valence-electron chi connectivity index (χ1n) is 9.55. The summed E-state index contributed by atoms with van der Waals surface area (Å²) in [4.78, 5) is 23.4. The number of aromatic nitrogens is 3. The topological polar surface area (TPSA) is 81.4 Å². The number of rotatable bonds is 6. The predicted octanol–water partition coefficient (Wildman–Crippen LogP) is 3.51. The van der Waals surface area contributed by atoms with Crippen LogP contribution in [0.15, 0.2) is 47.1 Å². The van der Waals surface area contributed by atoms with Crippen LogP contribution in [0.4, 0.5) is 4.39 Å². The third-order valence-electron chi connectivity index (χ3n) is 4.93. The highest BCUT2D eigenvalue weighted by molar-refractivity contribution is 5.95. The van der Waals surface area contributed by atoms with Gasteiger partial charge in [-0.1, -0.05) is 5.16 Å². The lowest BCUT2D eigenvalue weighted by molar-refractivity contribution is 0.0709. The van der Waals surface area contributed by atoms with E-state index in [1.165, 1.54) is 12.1 Å². The number of carbonyl (C=O) groups is 1. The Morgan fingerprint density at radius 1 is 1.31 bits per heavy atom. The molecule has 1 aliphatic rings. The predicted molar refractivity (Wildman–Crippen MR) is 102 cm³/mol. The second kappa shape index (κ2) is 8.38. The Kier molecular flexibility index (Phi) is 5.50. The number of carbonyl (C=O) groups excluding carboxylic acids is 1. The highest BCUT2D eigenvalue weighted by Crippen LogP contribution is 2.32. The maximum absolute atomic E-state index is 13.0. The highest BCUT2D eigenvalue weighted by atomic mass is 19.1. The van der Waals surface area contributed by atoms with Gasteiger partial charge in [0.15, 0.2) is 5.82 Å². The summed E-state index contributed by atoms with van der Waals surface area (Å²) in [5, 5.41) is 4.01. The molecule has 3 aromatic rings. The molecule has 1 amide bonds. The van der Waals surface area contributed by atoms with Crippen molar-refractivity contribution in [1.82, 2.24) is 20.0 Å². The summed E-state index contributed by atoms with van der Waals surface area (Å²) in [6.07, 6.45) is 3.77. The molecule has 8 heteroatoms. The second-order valence-corrected chi connectivity index (χ2v) is 6.89. The normalized spacial score (nSPS) is 16.2. The van der Waals surface area contributed by atoms with Crippen molar-refractivity contribution in [2.75, 3.05) is 13.2 Å². The number of aryl methyl sites for hydroxylation is 1. The zero-order chi connectivity index (χ0) is 20.2. The van der Waals surface area contributed by atoms with E-state index >= 15 is 0 Å². The summed E-state index contributed by atoms with van der Waals surface area (Å²) in [6, 6.07) is 9.14. The fourth-order valence-electron chi connectivity index (χ4n) is 3.43. The van der Waals surface area contributed by atoms with Crippen LogP contribution in [-0.4, -0.2) is 39.1 Å². The molecule has 0 N–H and O–H groups in total. The molecule has 4 rings (SSSR count). The van der Waals surface area contributed by atoms with E-state index < -0.39 is 0 Å². The Hall–Kier alpha value is -3.29. The summed E-state index contributed by atoms with van der Waals surface area (Å²) in [5.41, 5.74) is 1.29. The van der Waals surface area contributed by atoms with Gasteiger partial charge in [0.25, 0.3) is 5.91 Å². The van der Waals surface area contributed by atoms with Crippen LogP contribution >= 0.6 is 0 Å². The van der Waals surface area contributed by atoms with Crippen LogP contribution in [0.3, 0.4) is 0 Å². The van der Waals surface area contributed by atoms with E-state index in [2.05, 4.69) is 15.1 Å². The summed E-state index contributed by atoms with van der Waals surface area (Å²) in [6.45, 7) is 2.81. The molecule has 1 saturated heterocycles. The number of hydrogen-bond acceptors (Lipinski definition) is 6. The molecule has 2 aromatic heterocycles. The van der Waals surface area contributed by atoms with Gasteiger partial charge in [0.1, 0.15) is 17.6 Å². The van der Waals surface area contributed by atoms with E-state index in [0.29, 0.717) is 48.3 Å². The molecule has 1 fully saturated rings. The van der Waals surface area contributed by atoms with Gasteiger partial charge in [0.2, 0.25) is 5.89 Å². The molecule has 0 aliphatic carbocycles. The second-order valence-electron chi connectivity index (χ2n) is 6.89. The molecule has 150 valence electrons. The Labute approximate surface area is 167 Å². The van der Waals surface area contributed by atoms with Gasteiger partial charge in [0.05, 0.1) is 12.2 Å². The van der Waals surface area contributed by atoms with E-state index in [0.717, 1.165) is 12.8 Å². The molecule has 1 unspecified atom stereocenters. The zero-order valence-corrected chi connectivity index (χ0v) is 16.0. The van der Waals surface area contributed by atoms with Gasteiger partial charge in [-0.2, -0.15) is 4.98 Å². The molecule has 0 saturated carbocycles. The van der Waals surface area contributed by atoms with Crippen molar-refractivity contribution in [2.24, 2.45) is 0 Å². The van der Waals surface area contributed by atoms with Gasteiger partial charge in [-0.25, -0.2) is 4.39 Å².